The first-order valence-electron chi connectivity index (χ1n) is 8.63. The van der Waals surface area contributed by atoms with Crippen LogP contribution < -0.4 is 5.32 Å². The van der Waals surface area contributed by atoms with Crippen molar-refractivity contribution in [3.8, 4) is 11.1 Å². The fourth-order valence-corrected chi connectivity index (χ4v) is 2.93. The molecule has 28 heavy (non-hydrogen) atoms. The molecule has 0 saturated heterocycles. The Kier molecular flexibility index (Phi) is 5.80. The molecule has 0 aliphatic carbocycles. The second-order valence-corrected chi connectivity index (χ2v) is 6.24. The lowest BCUT2D eigenvalue weighted by Crippen LogP contribution is -2.31. The van der Waals surface area contributed by atoms with E-state index in [0.717, 1.165) is 17.7 Å². The number of aliphatic hydroxyl groups is 1. The van der Waals surface area contributed by atoms with Gasteiger partial charge in [-0.2, -0.15) is 13.2 Å². The van der Waals surface area contributed by atoms with E-state index in [1.165, 1.54) is 12.1 Å². The average molecular weight is 385 g/mol. The minimum absolute atomic E-state index is 0.280. The van der Waals surface area contributed by atoms with Crippen LogP contribution in [0.1, 0.15) is 27.5 Å². The Labute approximate surface area is 160 Å². The van der Waals surface area contributed by atoms with E-state index in [0.29, 0.717) is 16.7 Å². The molecule has 3 aromatic carbocycles. The van der Waals surface area contributed by atoms with Crippen LogP contribution in [0.25, 0.3) is 11.1 Å². The summed E-state index contributed by atoms with van der Waals surface area (Å²) in [5.41, 5.74) is 1.34. The van der Waals surface area contributed by atoms with Gasteiger partial charge in [0.05, 0.1) is 18.2 Å². The first kappa shape index (κ1) is 19.6. The van der Waals surface area contributed by atoms with Crippen molar-refractivity contribution in [1.82, 2.24) is 5.32 Å². The van der Waals surface area contributed by atoms with Gasteiger partial charge in [0.1, 0.15) is 0 Å². The monoisotopic (exact) mass is 385 g/mol. The number of carbonyl (C=O) groups is 1. The molecule has 3 rings (SSSR count). The summed E-state index contributed by atoms with van der Waals surface area (Å²) in [5.74, 6) is -0.418. The number of halogens is 3. The molecule has 2 N–H and O–H groups in total. The number of aliphatic hydroxyl groups excluding tert-OH is 1. The molecular weight excluding hydrogens is 367 g/mol. The quantitative estimate of drug-likeness (QED) is 0.661. The highest BCUT2D eigenvalue weighted by Crippen LogP contribution is 2.32. The molecule has 3 nitrogen and oxygen atoms in total. The molecule has 1 amide bonds. The predicted molar refractivity (Wildman–Crippen MR) is 101 cm³/mol. The zero-order valence-electron chi connectivity index (χ0n) is 14.8. The van der Waals surface area contributed by atoms with Gasteiger partial charge < -0.3 is 10.4 Å². The number of nitrogens with one attached hydrogen (secondary N) is 1. The lowest BCUT2D eigenvalue weighted by atomic mass is 9.97. The van der Waals surface area contributed by atoms with E-state index in [2.05, 4.69) is 5.32 Å². The Morgan fingerprint density at radius 2 is 1.50 bits per heavy atom. The van der Waals surface area contributed by atoms with Crippen molar-refractivity contribution in [3.63, 3.8) is 0 Å². The molecule has 0 heterocycles. The number of rotatable bonds is 5. The summed E-state index contributed by atoms with van der Waals surface area (Å²) in [7, 11) is 0. The molecule has 0 unspecified atom stereocenters. The number of alkyl halides is 3. The van der Waals surface area contributed by atoms with Crippen molar-refractivity contribution in [3.05, 3.63) is 95.6 Å². The summed E-state index contributed by atoms with van der Waals surface area (Å²) in [6, 6.07) is 19.8. The van der Waals surface area contributed by atoms with Crippen LogP contribution >= 0.6 is 0 Å². The van der Waals surface area contributed by atoms with Crippen molar-refractivity contribution in [2.75, 3.05) is 6.61 Å². The van der Waals surface area contributed by atoms with E-state index in [1.54, 1.807) is 48.5 Å². The molecule has 0 aromatic heterocycles. The van der Waals surface area contributed by atoms with Gasteiger partial charge in [0.15, 0.2) is 0 Å². The molecule has 0 aliphatic heterocycles. The summed E-state index contributed by atoms with van der Waals surface area (Å²) >= 11 is 0. The van der Waals surface area contributed by atoms with Gasteiger partial charge in [-0.15, -0.1) is 0 Å². The summed E-state index contributed by atoms with van der Waals surface area (Å²) in [6.45, 7) is -0.280. The van der Waals surface area contributed by atoms with Crippen LogP contribution in [-0.4, -0.2) is 17.6 Å². The Bertz CT molecular complexity index is 938. The first-order chi connectivity index (χ1) is 13.4. The third-order valence-corrected chi connectivity index (χ3v) is 4.38. The Balaban J connectivity index is 1.88. The van der Waals surface area contributed by atoms with Crippen molar-refractivity contribution in [1.29, 1.82) is 0 Å². The van der Waals surface area contributed by atoms with E-state index in [-0.39, 0.29) is 6.61 Å². The molecular formula is C22H18F3NO2. The maximum atomic E-state index is 12.8. The molecule has 0 radical (unpaired) electrons. The maximum Gasteiger partial charge on any atom is 0.416 e. The molecule has 0 spiro atoms. The summed E-state index contributed by atoms with van der Waals surface area (Å²) < 4.78 is 38.4. The molecule has 0 saturated carbocycles. The zero-order valence-corrected chi connectivity index (χ0v) is 14.8. The molecule has 6 heteroatoms. The lowest BCUT2D eigenvalue weighted by Gasteiger charge is -2.18. The van der Waals surface area contributed by atoms with Gasteiger partial charge in [0, 0.05) is 5.56 Å². The number of amides is 1. The van der Waals surface area contributed by atoms with Crippen LogP contribution in [-0.2, 0) is 6.18 Å². The number of benzene rings is 3. The van der Waals surface area contributed by atoms with Crippen molar-refractivity contribution in [2.24, 2.45) is 0 Å². The van der Waals surface area contributed by atoms with E-state index < -0.39 is 23.7 Å². The van der Waals surface area contributed by atoms with Gasteiger partial charge in [0.2, 0.25) is 0 Å². The fraction of sp³-hybridized carbons (Fsp3) is 0.136. The second-order valence-electron chi connectivity index (χ2n) is 6.24. The van der Waals surface area contributed by atoms with Crippen LogP contribution in [0.2, 0.25) is 0 Å². The van der Waals surface area contributed by atoms with Crippen molar-refractivity contribution >= 4 is 5.91 Å². The van der Waals surface area contributed by atoms with Crippen LogP contribution in [0, 0.1) is 0 Å². The summed E-state index contributed by atoms with van der Waals surface area (Å²) in [4.78, 5) is 12.8. The Morgan fingerprint density at radius 3 is 2.11 bits per heavy atom. The van der Waals surface area contributed by atoms with Crippen molar-refractivity contribution in [2.45, 2.75) is 12.2 Å². The number of carbonyl (C=O) groups excluding carboxylic acids is 1. The summed E-state index contributed by atoms with van der Waals surface area (Å²) in [6.07, 6.45) is -4.42. The molecule has 3 aromatic rings. The standard InChI is InChI=1S/C22H18F3NO2/c23-22(24,25)17-12-10-15(11-13-17)18-8-4-5-9-19(18)21(28)26-20(14-27)16-6-2-1-3-7-16/h1-13,20,27H,14H2,(H,26,28)/t20-/m1/s1. The fourth-order valence-electron chi connectivity index (χ4n) is 2.93. The Hall–Kier alpha value is -3.12. The molecule has 1 atom stereocenters. The number of hydrogen-bond acceptors (Lipinski definition) is 2. The van der Waals surface area contributed by atoms with Gasteiger partial charge in [-0.3, -0.25) is 4.79 Å². The maximum absolute atomic E-state index is 12.8. The van der Waals surface area contributed by atoms with Crippen LogP contribution in [0.3, 0.4) is 0 Å². The van der Waals surface area contributed by atoms with Crippen LogP contribution in [0.5, 0.6) is 0 Å². The lowest BCUT2D eigenvalue weighted by molar-refractivity contribution is -0.137. The molecule has 0 bridgehead atoms. The van der Waals surface area contributed by atoms with Crippen molar-refractivity contribution < 1.29 is 23.1 Å². The zero-order chi connectivity index (χ0) is 20.1. The van der Waals surface area contributed by atoms with Crippen LogP contribution in [0.4, 0.5) is 13.2 Å². The average Bonchev–Trinajstić information content (AvgIpc) is 2.72. The van der Waals surface area contributed by atoms with E-state index in [1.807, 2.05) is 6.07 Å². The normalized spacial score (nSPS) is 12.4. The third kappa shape index (κ3) is 4.40. The highest BCUT2D eigenvalue weighted by molar-refractivity contribution is 6.01. The second kappa shape index (κ2) is 8.27. The topological polar surface area (TPSA) is 49.3 Å². The largest absolute Gasteiger partial charge is 0.416 e. The van der Waals surface area contributed by atoms with Gasteiger partial charge in [-0.05, 0) is 34.9 Å². The SMILES string of the molecule is O=C(N[C@H](CO)c1ccccc1)c1ccccc1-c1ccc(C(F)(F)F)cc1. The van der Waals surface area contributed by atoms with Gasteiger partial charge in [-0.25, -0.2) is 0 Å². The smallest absolute Gasteiger partial charge is 0.394 e. The van der Waals surface area contributed by atoms with E-state index in [9.17, 15) is 23.1 Å². The van der Waals surface area contributed by atoms with Gasteiger partial charge >= 0.3 is 6.18 Å². The molecule has 0 fully saturated rings. The minimum atomic E-state index is -4.42. The summed E-state index contributed by atoms with van der Waals surface area (Å²) in [5, 5.41) is 12.4. The van der Waals surface area contributed by atoms with E-state index in [4.69, 9.17) is 0 Å². The number of hydrogen-bond donors (Lipinski definition) is 2. The third-order valence-electron chi connectivity index (χ3n) is 4.38. The highest BCUT2D eigenvalue weighted by Gasteiger charge is 2.30. The minimum Gasteiger partial charge on any atom is -0.394 e. The first-order valence-corrected chi connectivity index (χ1v) is 8.63. The Morgan fingerprint density at radius 1 is 0.893 bits per heavy atom. The van der Waals surface area contributed by atoms with Crippen LogP contribution in [0.15, 0.2) is 78.9 Å². The predicted octanol–water partition coefficient (Wildman–Crippen LogP) is 4.84. The van der Waals surface area contributed by atoms with Gasteiger partial charge in [-0.1, -0.05) is 60.7 Å². The van der Waals surface area contributed by atoms with E-state index >= 15 is 0 Å². The highest BCUT2D eigenvalue weighted by atomic mass is 19.4. The molecule has 144 valence electrons. The molecule has 0 aliphatic rings. The van der Waals surface area contributed by atoms with Gasteiger partial charge in [0.25, 0.3) is 5.91 Å².